The molecule has 35 heavy (non-hydrogen) atoms. The number of aromatic nitrogens is 2. The number of nitrogens with two attached hydrogens (primary N) is 1. The number of nitrogen functional groups attached to an aromatic ring is 1. The fraction of sp³-hybridized carbons (Fsp3) is 0.423. The van der Waals surface area contributed by atoms with Gasteiger partial charge in [-0.1, -0.05) is 0 Å². The molecule has 1 aliphatic heterocycles. The standard InChI is InChI=1S/C26H25F3N4O2/c1-13-23-20(12-35-13)19-8-15(4-7-21(19)32-24(23)30)25(34)33(22-9-18(22)14-2-3-14)11-17-6-5-16(10-31-17)26(27,28)29/h4-8,10,13-14,18,22H,2-3,9,11-12H2,1H3,(H2,30,32)/t13-,18+,22-/m1/s1. The largest absolute Gasteiger partial charge is 0.417 e. The lowest BCUT2D eigenvalue weighted by molar-refractivity contribution is -0.137. The van der Waals surface area contributed by atoms with Gasteiger partial charge in [0, 0.05) is 28.8 Å². The first kappa shape index (κ1) is 22.3. The van der Waals surface area contributed by atoms with Crippen LogP contribution in [-0.4, -0.2) is 26.8 Å². The van der Waals surface area contributed by atoms with E-state index in [1.807, 2.05) is 13.0 Å². The van der Waals surface area contributed by atoms with Crippen molar-refractivity contribution in [2.24, 2.45) is 11.8 Å². The summed E-state index contributed by atoms with van der Waals surface area (Å²) in [6.45, 7) is 2.50. The number of carbonyl (C=O) groups excluding carboxylic acids is 1. The third kappa shape index (κ3) is 4.01. The Bertz CT molecular complexity index is 1320. The number of fused-ring (bicyclic) bond motifs is 3. The number of alkyl halides is 3. The second kappa shape index (κ2) is 7.91. The average molecular weight is 483 g/mol. The molecule has 0 radical (unpaired) electrons. The Morgan fingerprint density at radius 3 is 2.71 bits per heavy atom. The van der Waals surface area contributed by atoms with E-state index in [4.69, 9.17) is 10.5 Å². The maximum Gasteiger partial charge on any atom is 0.417 e. The number of anilines is 1. The summed E-state index contributed by atoms with van der Waals surface area (Å²) in [5.74, 6) is 1.38. The van der Waals surface area contributed by atoms with Crippen LogP contribution in [0.5, 0.6) is 0 Å². The highest BCUT2D eigenvalue weighted by molar-refractivity contribution is 5.99. The van der Waals surface area contributed by atoms with Gasteiger partial charge in [0.1, 0.15) is 5.82 Å². The van der Waals surface area contributed by atoms with Gasteiger partial charge in [0.05, 0.1) is 36.0 Å². The monoisotopic (exact) mass is 482 g/mol. The molecule has 2 aliphatic carbocycles. The van der Waals surface area contributed by atoms with Gasteiger partial charge in [-0.3, -0.25) is 9.78 Å². The van der Waals surface area contributed by atoms with E-state index in [-0.39, 0.29) is 24.6 Å². The summed E-state index contributed by atoms with van der Waals surface area (Å²) < 4.78 is 44.7. The third-order valence-corrected chi connectivity index (χ3v) is 7.47. The molecule has 182 valence electrons. The molecule has 3 aromatic rings. The van der Waals surface area contributed by atoms with E-state index in [1.165, 1.54) is 18.9 Å². The van der Waals surface area contributed by atoms with Gasteiger partial charge in [-0.15, -0.1) is 0 Å². The molecule has 2 saturated carbocycles. The minimum atomic E-state index is -4.45. The summed E-state index contributed by atoms with van der Waals surface area (Å²) in [6, 6.07) is 7.83. The molecule has 3 aliphatic rings. The Morgan fingerprint density at radius 2 is 2.03 bits per heavy atom. The highest BCUT2D eigenvalue weighted by Crippen LogP contribution is 2.52. The van der Waals surface area contributed by atoms with E-state index >= 15 is 0 Å². The second-order valence-electron chi connectivity index (χ2n) is 9.85. The van der Waals surface area contributed by atoms with Crippen LogP contribution in [0.25, 0.3) is 10.9 Å². The Balaban J connectivity index is 1.33. The Labute approximate surface area is 200 Å². The number of pyridine rings is 2. The van der Waals surface area contributed by atoms with Crippen LogP contribution in [-0.2, 0) is 24.1 Å². The third-order valence-electron chi connectivity index (χ3n) is 7.47. The number of amides is 1. The Kier molecular flexibility index (Phi) is 5.03. The van der Waals surface area contributed by atoms with Crippen LogP contribution < -0.4 is 5.73 Å². The first-order valence-corrected chi connectivity index (χ1v) is 11.9. The number of halogens is 3. The van der Waals surface area contributed by atoms with Crippen molar-refractivity contribution in [3.05, 3.63) is 64.5 Å². The Hall–Kier alpha value is -3.20. The van der Waals surface area contributed by atoms with E-state index < -0.39 is 11.7 Å². The lowest BCUT2D eigenvalue weighted by Gasteiger charge is -2.24. The van der Waals surface area contributed by atoms with Crippen molar-refractivity contribution in [1.82, 2.24) is 14.9 Å². The van der Waals surface area contributed by atoms with Crippen LogP contribution in [0.2, 0.25) is 0 Å². The van der Waals surface area contributed by atoms with Crippen LogP contribution in [0.15, 0.2) is 36.5 Å². The minimum Gasteiger partial charge on any atom is -0.383 e. The molecule has 2 aromatic heterocycles. The van der Waals surface area contributed by atoms with Crippen molar-refractivity contribution in [1.29, 1.82) is 0 Å². The molecule has 1 amide bonds. The molecule has 6 nitrogen and oxygen atoms in total. The number of rotatable bonds is 5. The number of ether oxygens (including phenoxy) is 1. The average Bonchev–Trinajstić information content (AvgIpc) is 3.74. The molecule has 3 heterocycles. The smallest absolute Gasteiger partial charge is 0.383 e. The quantitative estimate of drug-likeness (QED) is 0.536. The normalized spacial score (nSPS) is 23.4. The van der Waals surface area contributed by atoms with Crippen molar-refractivity contribution < 1.29 is 22.7 Å². The first-order valence-electron chi connectivity index (χ1n) is 11.9. The number of benzene rings is 1. The number of hydrogen-bond acceptors (Lipinski definition) is 5. The number of nitrogens with zero attached hydrogens (tertiary/aromatic N) is 3. The summed E-state index contributed by atoms with van der Waals surface area (Å²) >= 11 is 0. The maximum atomic E-state index is 13.8. The van der Waals surface area contributed by atoms with Crippen molar-refractivity contribution in [3.8, 4) is 0 Å². The van der Waals surface area contributed by atoms with Gasteiger partial charge >= 0.3 is 6.18 Å². The predicted molar refractivity (Wildman–Crippen MR) is 123 cm³/mol. The zero-order chi connectivity index (χ0) is 24.5. The summed E-state index contributed by atoms with van der Waals surface area (Å²) in [5, 5.41) is 0.839. The molecular formula is C26H25F3N4O2. The second-order valence-corrected chi connectivity index (χ2v) is 9.85. The van der Waals surface area contributed by atoms with E-state index in [0.717, 1.165) is 35.2 Å². The fourth-order valence-electron chi connectivity index (χ4n) is 5.35. The van der Waals surface area contributed by atoms with Crippen LogP contribution in [0.4, 0.5) is 19.0 Å². The van der Waals surface area contributed by atoms with Gasteiger partial charge in [-0.2, -0.15) is 13.2 Å². The fourth-order valence-corrected chi connectivity index (χ4v) is 5.35. The molecule has 2 fully saturated rings. The van der Waals surface area contributed by atoms with Crippen molar-refractivity contribution in [3.63, 3.8) is 0 Å². The molecule has 9 heteroatoms. The van der Waals surface area contributed by atoms with Crippen molar-refractivity contribution >= 4 is 22.6 Å². The van der Waals surface area contributed by atoms with Gasteiger partial charge in [0.25, 0.3) is 5.91 Å². The number of carbonyl (C=O) groups is 1. The lowest BCUT2D eigenvalue weighted by atomic mass is 10.00. The van der Waals surface area contributed by atoms with E-state index in [1.54, 1.807) is 17.0 Å². The van der Waals surface area contributed by atoms with Gasteiger partial charge < -0.3 is 15.4 Å². The SMILES string of the molecule is C[C@H]1OCc2c1c(N)nc1ccc(C(=O)N(Cc3ccc(C(F)(F)F)cn3)[C@@H]3C[C@H]3C3CC3)cc21. The maximum absolute atomic E-state index is 13.8. The highest BCUT2D eigenvalue weighted by Gasteiger charge is 2.51. The topological polar surface area (TPSA) is 81.3 Å². The van der Waals surface area contributed by atoms with Crippen LogP contribution in [0, 0.1) is 11.8 Å². The van der Waals surface area contributed by atoms with Crippen molar-refractivity contribution in [2.45, 2.75) is 57.7 Å². The lowest BCUT2D eigenvalue weighted by Crippen LogP contribution is -2.34. The molecule has 0 saturated heterocycles. The van der Waals surface area contributed by atoms with Crippen LogP contribution in [0.3, 0.4) is 0 Å². The van der Waals surface area contributed by atoms with Gasteiger partial charge in [-0.05, 0) is 73.9 Å². The first-order chi connectivity index (χ1) is 16.7. The summed E-state index contributed by atoms with van der Waals surface area (Å²) in [4.78, 5) is 24.1. The summed E-state index contributed by atoms with van der Waals surface area (Å²) in [5.41, 5.74) is 8.82. The highest BCUT2D eigenvalue weighted by atomic mass is 19.4. The van der Waals surface area contributed by atoms with Gasteiger partial charge in [0.15, 0.2) is 0 Å². The van der Waals surface area contributed by atoms with E-state index in [0.29, 0.717) is 41.0 Å². The molecule has 2 N–H and O–H groups in total. The van der Waals surface area contributed by atoms with Crippen LogP contribution >= 0.6 is 0 Å². The summed E-state index contributed by atoms with van der Waals surface area (Å²) in [6.07, 6.45) is -0.499. The van der Waals surface area contributed by atoms with Gasteiger partial charge in [0.2, 0.25) is 0 Å². The van der Waals surface area contributed by atoms with Crippen LogP contribution in [0.1, 0.15) is 65.0 Å². The molecule has 0 bridgehead atoms. The molecule has 1 aromatic carbocycles. The molecular weight excluding hydrogens is 457 g/mol. The molecule has 3 atom stereocenters. The summed E-state index contributed by atoms with van der Waals surface area (Å²) in [7, 11) is 0. The Morgan fingerprint density at radius 1 is 1.23 bits per heavy atom. The number of hydrogen-bond donors (Lipinski definition) is 1. The molecule has 0 spiro atoms. The zero-order valence-electron chi connectivity index (χ0n) is 19.2. The molecule has 0 unspecified atom stereocenters. The van der Waals surface area contributed by atoms with Gasteiger partial charge in [-0.25, -0.2) is 4.98 Å². The van der Waals surface area contributed by atoms with E-state index in [2.05, 4.69) is 9.97 Å². The molecule has 6 rings (SSSR count). The minimum absolute atomic E-state index is 0.0772. The predicted octanol–water partition coefficient (Wildman–Crippen LogP) is 5.26. The van der Waals surface area contributed by atoms with Crippen molar-refractivity contribution in [2.75, 3.05) is 5.73 Å². The zero-order valence-corrected chi connectivity index (χ0v) is 19.2. The van der Waals surface area contributed by atoms with E-state index in [9.17, 15) is 18.0 Å².